The zero-order valence-corrected chi connectivity index (χ0v) is 7.08. The molecule has 0 N–H and O–H groups in total. The van der Waals surface area contributed by atoms with Gasteiger partial charge in [-0.1, -0.05) is 0 Å². The lowest BCUT2D eigenvalue weighted by atomic mass is 10.3. The zero-order chi connectivity index (χ0) is 10.1. The van der Waals surface area contributed by atoms with Gasteiger partial charge in [0.05, 0.1) is 6.42 Å². The average molecular weight is 196 g/mol. The molecule has 1 amide bonds. The van der Waals surface area contributed by atoms with Crippen molar-refractivity contribution in [3.8, 4) is 0 Å². The van der Waals surface area contributed by atoms with Crippen LogP contribution in [-0.4, -0.2) is 12.1 Å². The average Bonchev–Trinajstić information content (AvgIpc) is 2.52. The highest BCUT2D eigenvalue weighted by molar-refractivity contribution is 6.05. The second kappa shape index (κ2) is 3.17. The molecule has 0 atom stereocenters. The number of hydrazone groups is 1. The van der Waals surface area contributed by atoms with Crippen LogP contribution in [0.4, 0.5) is 14.5 Å². The second-order valence-corrected chi connectivity index (χ2v) is 2.80. The highest BCUT2D eigenvalue weighted by atomic mass is 19.1. The summed E-state index contributed by atoms with van der Waals surface area (Å²) < 4.78 is 25.7. The molecule has 0 unspecified atom stereocenters. The summed E-state index contributed by atoms with van der Waals surface area (Å²) in [6.45, 7) is 0. The van der Waals surface area contributed by atoms with Crippen LogP contribution in [0.25, 0.3) is 0 Å². The lowest BCUT2D eigenvalue weighted by Crippen LogP contribution is -2.20. The topological polar surface area (TPSA) is 32.7 Å². The number of benzene rings is 1. The van der Waals surface area contributed by atoms with E-state index in [2.05, 4.69) is 5.10 Å². The minimum atomic E-state index is -0.794. The summed E-state index contributed by atoms with van der Waals surface area (Å²) in [6.07, 6.45) is 1.53. The molecule has 0 saturated carbocycles. The molecule has 1 aliphatic rings. The fourth-order valence-corrected chi connectivity index (χ4v) is 1.20. The van der Waals surface area contributed by atoms with Gasteiger partial charge in [-0.15, -0.1) is 0 Å². The molecular weight excluding hydrogens is 190 g/mol. The number of rotatable bonds is 1. The molecule has 1 aromatic carbocycles. The Morgan fingerprint density at radius 1 is 1.36 bits per heavy atom. The van der Waals surface area contributed by atoms with E-state index in [0.29, 0.717) is 0 Å². The minimum Gasteiger partial charge on any atom is -0.272 e. The van der Waals surface area contributed by atoms with Crippen molar-refractivity contribution in [1.82, 2.24) is 0 Å². The first-order valence-corrected chi connectivity index (χ1v) is 3.99. The van der Waals surface area contributed by atoms with Crippen LogP contribution in [0, 0.1) is 11.6 Å². The van der Waals surface area contributed by atoms with Crippen LogP contribution in [0.15, 0.2) is 23.3 Å². The van der Waals surface area contributed by atoms with Crippen molar-refractivity contribution in [2.45, 2.75) is 6.42 Å². The minimum absolute atomic E-state index is 0.0230. The van der Waals surface area contributed by atoms with Crippen molar-refractivity contribution < 1.29 is 13.6 Å². The Morgan fingerprint density at radius 2 is 2.14 bits per heavy atom. The van der Waals surface area contributed by atoms with E-state index in [9.17, 15) is 13.6 Å². The lowest BCUT2D eigenvalue weighted by molar-refractivity contribution is -0.116. The standard InChI is InChI=1S/C9H6F2N2O/c10-6-1-2-8(7(11)5-6)13-9(14)3-4-12-13/h1-2,4-5H,3H2. The molecule has 0 saturated heterocycles. The molecule has 5 heteroatoms. The molecule has 1 aromatic rings. The SMILES string of the molecule is O=C1CC=NN1c1ccc(F)cc1F. The van der Waals surface area contributed by atoms with E-state index in [1.165, 1.54) is 12.3 Å². The number of halogens is 2. The van der Waals surface area contributed by atoms with Crippen LogP contribution < -0.4 is 5.01 Å². The summed E-state index contributed by atoms with van der Waals surface area (Å²) in [6, 6.07) is 2.99. The van der Waals surface area contributed by atoms with E-state index in [1.807, 2.05) is 0 Å². The second-order valence-electron chi connectivity index (χ2n) is 2.80. The Hall–Kier alpha value is -1.78. The number of anilines is 1. The molecule has 3 nitrogen and oxygen atoms in total. The lowest BCUT2D eigenvalue weighted by Gasteiger charge is -2.12. The summed E-state index contributed by atoms with van der Waals surface area (Å²) in [5.74, 6) is -1.80. The van der Waals surface area contributed by atoms with E-state index in [0.717, 1.165) is 17.1 Å². The van der Waals surface area contributed by atoms with Gasteiger partial charge >= 0.3 is 0 Å². The molecule has 0 bridgehead atoms. The van der Waals surface area contributed by atoms with Crippen molar-refractivity contribution in [2.75, 3.05) is 5.01 Å². The molecule has 0 spiro atoms. The maximum absolute atomic E-state index is 13.2. The van der Waals surface area contributed by atoms with E-state index in [1.54, 1.807) is 0 Å². The first-order chi connectivity index (χ1) is 6.68. The van der Waals surface area contributed by atoms with Gasteiger partial charge in [-0.25, -0.2) is 8.78 Å². The Balaban J connectivity index is 2.41. The highest BCUT2D eigenvalue weighted by Gasteiger charge is 2.21. The van der Waals surface area contributed by atoms with Crippen molar-refractivity contribution in [3.63, 3.8) is 0 Å². The number of nitrogens with zero attached hydrogens (tertiary/aromatic N) is 2. The number of hydrogen-bond donors (Lipinski definition) is 0. The predicted octanol–water partition coefficient (Wildman–Crippen LogP) is 1.69. The van der Waals surface area contributed by atoms with Crippen LogP contribution >= 0.6 is 0 Å². The van der Waals surface area contributed by atoms with Crippen LogP contribution in [0.5, 0.6) is 0 Å². The third-order valence-electron chi connectivity index (χ3n) is 1.84. The molecular formula is C9H6F2N2O. The van der Waals surface area contributed by atoms with E-state index in [4.69, 9.17) is 0 Å². The number of amides is 1. The number of carbonyl (C=O) groups is 1. The number of carbonyl (C=O) groups excluding carboxylic acids is 1. The van der Waals surface area contributed by atoms with Gasteiger partial charge in [0.1, 0.15) is 11.5 Å². The molecule has 0 fully saturated rings. The maximum Gasteiger partial charge on any atom is 0.252 e. The smallest absolute Gasteiger partial charge is 0.252 e. The zero-order valence-electron chi connectivity index (χ0n) is 7.08. The summed E-state index contributed by atoms with van der Waals surface area (Å²) in [4.78, 5) is 11.2. The molecule has 14 heavy (non-hydrogen) atoms. The van der Waals surface area contributed by atoms with Gasteiger partial charge in [0, 0.05) is 12.3 Å². The molecule has 1 heterocycles. The van der Waals surface area contributed by atoms with Gasteiger partial charge in [-0.05, 0) is 12.1 Å². The summed E-state index contributed by atoms with van der Waals surface area (Å²) in [5.41, 5.74) is -0.0230. The normalized spacial score (nSPS) is 15.3. The Morgan fingerprint density at radius 3 is 2.71 bits per heavy atom. The quantitative estimate of drug-likeness (QED) is 0.672. The largest absolute Gasteiger partial charge is 0.272 e. The van der Waals surface area contributed by atoms with E-state index in [-0.39, 0.29) is 18.0 Å². The van der Waals surface area contributed by atoms with Gasteiger partial charge in [0.25, 0.3) is 5.91 Å². The van der Waals surface area contributed by atoms with E-state index >= 15 is 0 Å². The summed E-state index contributed by atoms with van der Waals surface area (Å²) in [7, 11) is 0. The van der Waals surface area contributed by atoms with Crippen molar-refractivity contribution in [1.29, 1.82) is 0 Å². The van der Waals surface area contributed by atoms with Crippen LogP contribution in [0.3, 0.4) is 0 Å². The Bertz CT molecular complexity index is 417. The molecule has 1 aliphatic heterocycles. The molecule has 0 aliphatic carbocycles. The Labute approximate surface area is 78.6 Å². The predicted molar refractivity (Wildman–Crippen MR) is 47.0 cm³/mol. The first kappa shape index (κ1) is 8.80. The third-order valence-corrected chi connectivity index (χ3v) is 1.84. The maximum atomic E-state index is 13.2. The van der Waals surface area contributed by atoms with Crippen molar-refractivity contribution >= 4 is 17.8 Å². The van der Waals surface area contributed by atoms with Gasteiger partial charge in [-0.3, -0.25) is 4.79 Å². The fourth-order valence-electron chi connectivity index (χ4n) is 1.20. The summed E-state index contributed by atoms with van der Waals surface area (Å²) >= 11 is 0. The monoisotopic (exact) mass is 196 g/mol. The van der Waals surface area contributed by atoms with Crippen molar-refractivity contribution in [3.05, 3.63) is 29.8 Å². The summed E-state index contributed by atoms with van der Waals surface area (Å²) in [5, 5.41) is 4.60. The molecule has 0 aromatic heterocycles. The third kappa shape index (κ3) is 1.37. The van der Waals surface area contributed by atoms with Crippen molar-refractivity contribution in [2.24, 2.45) is 5.10 Å². The van der Waals surface area contributed by atoms with Gasteiger partial charge in [-0.2, -0.15) is 10.1 Å². The first-order valence-electron chi connectivity index (χ1n) is 3.99. The fraction of sp³-hybridized carbons (Fsp3) is 0.111. The molecule has 72 valence electrons. The van der Waals surface area contributed by atoms with Crippen LogP contribution in [0.2, 0.25) is 0 Å². The highest BCUT2D eigenvalue weighted by Crippen LogP contribution is 2.22. The van der Waals surface area contributed by atoms with Gasteiger partial charge < -0.3 is 0 Å². The van der Waals surface area contributed by atoms with E-state index < -0.39 is 11.6 Å². The van der Waals surface area contributed by atoms with Gasteiger partial charge in [0.15, 0.2) is 5.82 Å². The van der Waals surface area contributed by atoms with Crippen LogP contribution in [0.1, 0.15) is 6.42 Å². The molecule has 2 rings (SSSR count). The Kier molecular flexibility index (Phi) is 1.99. The number of hydrogen-bond acceptors (Lipinski definition) is 2. The molecule has 0 radical (unpaired) electrons. The van der Waals surface area contributed by atoms with Gasteiger partial charge in [0.2, 0.25) is 0 Å². The van der Waals surface area contributed by atoms with Crippen LogP contribution in [-0.2, 0) is 4.79 Å².